The molecule has 2 N–H and O–H groups in total. The van der Waals surface area contributed by atoms with E-state index in [4.69, 9.17) is 5.73 Å². The van der Waals surface area contributed by atoms with Crippen molar-refractivity contribution in [3.05, 3.63) is 64.7 Å². The van der Waals surface area contributed by atoms with E-state index >= 15 is 0 Å². The third-order valence-corrected chi connectivity index (χ3v) is 4.22. The van der Waals surface area contributed by atoms with Gasteiger partial charge < -0.3 is 10.6 Å². The van der Waals surface area contributed by atoms with Gasteiger partial charge in [-0.1, -0.05) is 35.9 Å². The molecule has 21 heavy (non-hydrogen) atoms. The van der Waals surface area contributed by atoms with Crippen molar-refractivity contribution in [2.24, 2.45) is 5.73 Å². The maximum Gasteiger partial charge on any atom is 0.0664 e. The van der Waals surface area contributed by atoms with E-state index in [1.54, 1.807) is 0 Å². The smallest absolute Gasteiger partial charge is 0.0664 e. The molecule has 1 unspecified atom stereocenters. The molecule has 0 fully saturated rings. The molecule has 0 aliphatic carbocycles. The van der Waals surface area contributed by atoms with Gasteiger partial charge in [0.2, 0.25) is 0 Å². The maximum absolute atomic E-state index is 6.09. The first kappa shape index (κ1) is 15.6. The number of hydrogen-bond donors (Lipinski definition) is 1. The summed E-state index contributed by atoms with van der Waals surface area (Å²) >= 11 is 0. The lowest BCUT2D eigenvalue weighted by Crippen LogP contribution is -2.33. The monoisotopic (exact) mass is 282 g/mol. The highest BCUT2D eigenvalue weighted by Crippen LogP contribution is 2.27. The third kappa shape index (κ3) is 3.45. The zero-order valence-corrected chi connectivity index (χ0v) is 13.6. The minimum atomic E-state index is 0.219. The molecule has 2 aromatic carbocycles. The molecular formula is C19H26N2. The predicted octanol–water partition coefficient (Wildman–Crippen LogP) is 4.14. The summed E-state index contributed by atoms with van der Waals surface area (Å²) in [6.45, 7) is 10.2. The van der Waals surface area contributed by atoms with Crippen molar-refractivity contribution in [3.8, 4) is 0 Å². The molecule has 112 valence electrons. The number of rotatable bonds is 5. The normalized spacial score (nSPS) is 12.2. The van der Waals surface area contributed by atoms with Crippen LogP contribution in [0, 0.1) is 20.8 Å². The maximum atomic E-state index is 6.09. The fourth-order valence-corrected chi connectivity index (χ4v) is 2.73. The Morgan fingerprint density at radius 1 is 0.952 bits per heavy atom. The minimum Gasteiger partial charge on any atom is -0.363 e. The quantitative estimate of drug-likeness (QED) is 0.893. The Balaban J connectivity index is 2.36. The summed E-state index contributed by atoms with van der Waals surface area (Å²) in [7, 11) is 0. The highest BCUT2D eigenvalue weighted by Gasteiger charge is 2.18. The van der Waals surface area contributed by atoms with Gasteiger partial charge in [0.05, 0.1) is 6.04 Å². The van der Waals surface area contributed by atoms with Gasteiger partial charge in [-0.3, -0.25) is 0 Å². The summed E-state index contributed by atoms with van der Waals surface area (Å²) in [6, 6.07) is 15.6. The highest BCUT2D eigenvalue weighted by molar-refractivity contribution is 5.50. The van der Waals surface area contributed by atoms with Gasteiger partial charge >= 0.3 is 0 Å². The van der Waals surface area contributed by atoms with Crippen LogP contribution in [0.25, 0.3) is 0 Å². The lowest BCUT2D eigenvalue weighted by atomic mass is 9.99. The van der Waals surface area contributed by atoms with E-state index in [1.165, 1.54) is 27.9 Å². The molecule has 0 spiro atoms. The van der Waals surface area contributed by atoms with Crippen LogP contribution in [-0.2, 0) is 0 Å². The second-order valence-corrected chi connectivity index (χ2v) is 5.72. The van der Waals surface area contributed by atoms with Gasteiger partial charge in [-0.25, -0.2) is 0 Å². The van der Waals surface area contributed by atoms with Gasteiger partial charge in [0, 0.05) is 18.8 Å². The molecule has 2 aromatic rings. The summed E-state index contributed by atoms with van der Waals surface area (Å²) in [5, 5.41) is 0. The van der Waals surface area contributed by atoms with Crippen LogP contribution < -0.4 is 10.6 Å². The van der Waals surface area contributed by atoms with Crippen molar-refractivity contribution in [2.45, 2.75) is 33.7 Å². The average molecular weight is 282 g/mol. The predicted molar refractivity (Wildman–Crippen MR) is 91.9 cm³/mol. The van der Waals surface area contributed by atoms with Crippen molar-refractivity contribution in [2.75, 3.05) is 18.0 Å². The van der Waals surface area contributed by atoms with Crippen molar-refractivity contribution in [1.82, 2.24) is 0 Å². The van der Waals surface area contributed by atoms with Crippen molar-refractivity contribution in [1.29, 1.82) is 0 Å². The van der Waals surface area contributed by atoms with Gasteiger partial charge in [-0.2, -0.15) is 0 Å². The number of hydrogen-bond acceptors (Lipinski definition) is 2. The molecule has 0 aliphatic heterocycles. The van der Waals surface area contributed by atoms with Crippen LogP contribution in [-0.4, -0.2) is 13.1 Å². The van der Waals surface area contributed by atoms with E-state index in [2.05, 4.69) is 75.1 Å². The van der Waals surface area contributed by atoms with Crippen LogP contribution >= 0.6 is 0 Å². The summed E-state index contributed by atoms with van der Waals surface area (Å²) < 4.78 is 0. The van der Waals surface area contributed by atoms with Crippen LogP contribution in [0.5, 0.6) is 0 Å². The second-order valence-electron chi connectivity index (χ2n) is 5.72. The number of likely N-dealkylation sites (N-methyl/N-ethyl adjacent to an activating group) is 1. The summed E-state index contributed by atoms with van der Waals surface area (Å²) in [5.74, 6) is 0. The zero-order valence-electron chi connectivity index (χ0n) is 13.6. The van der Waals surface area contributed by atoms with Gasteiger partial charge in [-0.15, -0.1) is 0 Å². The van der Waals surface area contributed by atoms with Gasteiger partial charge in [0.25, 0.3) is 0 Å². The Labute approximate surface area is 128 Å². The molecule has 0 aliphatic rings. The fraction of sp³-hybridized carbons (Fsp3) is 0.368. The second kappa shape index (κ2) is 6.77. The van der Waals surface area contributed by atoms with E-state index in [1.807, 2.05) is 0 Å². The topological polar surface area (TPSA) is 29.3 Å². The number of benzene rings is 2. The summed E-state index contributed by atoms with van der Waals surface area (Å²) in [6.07, 6.45) is 0. The molecule has 0 bridgehead atoms. The zero-order chi connectivity index (χ0) is 15.4. The van der Waals surface area contributed by atoms with Crippen LogP contribution in [0.3, 0.4) is 0 Å². The Kier molecular flexibility index (Phi) is 5.03. The van der Waals surface area contributed by atoms with Gasteiger partial charge in [-0.05, 0) is 56.5 Å². The van der Waals surface area contributed by atoms with Crippen LogP contribution in [0.15, 0.2) is 42.5 Å². The van der Waals surface area contributed by atoms with Crippen molar-refractivity contribution >= 4 is 5.69 Å². The van der Waals surface area contributed by atoms with Gasteiger partial charge in [0.1, 0.15) is 0 Å². The molecule has 0 amide bonds. The minimum absolute atomic E-state index is 0.219. The third-order valence-electron chi connectivity index (χ3n) is 4.22. The van der Waals surface area contributed by atoms with Crippen LogP contribution in [0.2, 0.25) is 0 Å². The molecule has 0 radical (unpaired) electrons. The molecule has 2 rings (SSSR count). The lowest BCUT2D eigenvalue weighted by molar-refractivity contribution is 0.642. The van der Waals surface area contributed by atoms with E-state index in [9.17, 15) is 0 Å². The number of nitrogens with two attached hydrogens (primary N) is 1. The molecule has 0 saturated carbocycles. The molecule has 2 heteroatoms. The van der Waals surface area contributed by atoms with E-state index in [-0.39, 0.29) is 6.04 Å². The fourth-order valence-electron chi connectivity index (χ4n) is 2.73. The molecule has 0 saturated heterocycles. The molecule has 1 atom stereocenters. The first-order valence-corrected chi connectivity index (χ1v) is 7.67. The Hall–Kier alpha value is -1.80. The number of aryl methyl sites for hydroxylation is 3. The average Bonchev–Trinajstić information content (AvgIpc) is 2.49. The molecule has 0 heterocycles. The first-order valence-electron chi connectivity index (χ1n) is 7.67. The van der Waals surface area contributed by atoms with Gasteiger partial charge in [0.15, 0.2) is 0 Å². The first-order chi connectivity index (χ1) is 10.1. The van der Waals surface area contributed by atoms with E-state index in [0.29, 0.717) is 6.54 Å². The summed E-state index contributed by atoms with van der Waals surface area (Å²) in [4.78, 5) is 2.38. The summed E-state index contributed by atoms with van der Waals surface area (Å²) in [5.41, 5.74) is 12.6. The highest BCUT2D eigenvalue weighted by atomic mass is 15.2. The van der Waals surface area contributed by atoms with E-state index in [0.717, 1.165) is 6.54 Å². The van der Waals surface area contributed by atoms with Crippen molar-refractivity contribution < 1.29 is 0 Å². The largest absolute Gasteiger partial charge is 0.363 e. The van der Waals surface area contributed by atoms with E-state index < -0.39 is 0 Å². The van der Waals surface area contributed by atoms with Crippen molar-refractivity contribution in [3.63, 3.8) is 0 Å². The van der Waals surface area contributed by atoms with Crippen LogP contribution in [0.4, 0.5) is 5.69 Å². The number of nitrogens with zero attached hydrogens (tertiary/aromatic N) is 1. The Morgan fingerprint density at radius 2 is 1.62 bits per heavy atom. The number of anilines is 1. The molecular weight excluding hydrogens is 256 g/mol. The standard InChI is InChI=1S/C19H26N2/c1-5-21(18-10-6-14(2)7-11-18)19(13-20)17-9-8-15(3)16(4)12-17/h6-12,19H,5,13,20H2,1-4H3. The Morgan fingerprint density at radius 3 is 2.14 bits per heavy atom. The Bertz CT molecular complexity index is 587. The molecule has 2 nitrogen and oxygen atoms in total. The molecule has 0 aromatic heterocycles. The SMILES string of the molecule is CCN(c1ccc(C)cc1)C(CN)c1ccc(C)c(C)c1. The lowest BCUT2D eigenvalue weighted by Gasteiger charge is -2.33. The van der Waals surface area contributed by atoms with Crippen LogP contribution in [0.1, 0.15) is 35.2 Å².